The Morgan fingerprint density at radius 2 is 1.37 bits per heavy atom. The number of oxime groups is 1. The number of benzene rings is 5. The molecule has 1 saturated carbocycles. The summed E-state index contributed by atoms with van der Waals surface area (Å²) in [5.41, 5.74) is 0.994. The van der Waals surface area contributed by atoms with Crippen molar-refractivity contribution in [2.75, 3.05) is 13.6 Å². The van der Waals surface area contributed by atoms with E-state index in [1.165, 1.54) is 0 Å². The molecule has 2 fully saturated rings. The highest BCUT2D eigenvalue weighted by molar-refractivity contribution is 6.31. The van der Waals surface area contributed by atoms with Crippen LogP contribution in [0.1, 0.15) is 63.7 Å². The molecule has 3 spiro atoms. The van der Waals surface area contributed by atoms with Gasteiger partial charge in [0.25, 0.3) is 0 Å². The van der Waals surface area contributed by atoms with Crippen LogP contribution in [0, 0.1) is 5.41 Å². The fourth-order valence-electron chi connectivity index (χ4n) is 9.87. The molecule has 0 bridgehead atoms. The minimum absolute atomic E-state index is 0.0384. The van der Waals surface area contributed by atoms with Crippen LogP contribution in [0.5, 0.6) is 0 Å². The molecule has 2 heterocycles. The molecule has 0 radical (unpaired) electrons. The molecule has 9 rings (SSSR count). The third-order valence-corrected chi connectivity index (χ3v) is 12.5. The van der Waals surface area contributed by atoms with Gasteiger partial charge in [0.1, 0.15) is 5.54 Å². The first kappa shape index (κ1) is 31.0. The second-order valence-electron chi connectivity index (χ2n) is 13.8. The smallest absolute Gasteiger partial charge is 0.208 e. The van der Waals surface area contributed by atoms with Crippen LogP contribution >= 0.6 is 34.8 Å². The van der Waals surface area contributed by atoms with E-state index in [2.05, 4.69) is 11.0 Å². The van der Waals surface area contributed by atoms with E-state index in [-0.39, 0.29) is 17.5 Å². The van der Waals surface area contributed by atoms with Gasteiger partial charge in [-0.15, -0.1) is 0 Å². The lowest BCUT2D eigenvalue weighted by molar-refractivity contribution is -0.167. The molecule has 1 saturated heterocycles. The third kappa shape index (κ3) is 4.02. The van der Waals surface area contributed by atoms with Crippen molar-refractivity contribution < 1.29 is 14.4 Å². The Bertz CT molecular complexity index is 2210. The van der Waals surface area contributed by atoms with Crippen LogP contribution in [-0.2, 0) is 15.2 Å². The number of nitrogens with zero attached hydrogens (tertiary/aromatic N) is 2. The van der Waals surface area contributed by atoms with Crippen LogP contribution in [0.2, 0.25) is 15.1 Å². The lowest BCUT2D eigenvalue weighted by atomic mass is 9.49. The Labute approximate surface area is 299 Å². The number of hydrogen-bond donors (Lipinski definition) is 0. The predicted molar refractivity (Wildman–Crippen MR) is 194 cm³/mol. The molecular formula is C41H31Cl3N2O3. The van der Waals surface area contributed by atoms with E-state index in [0.29, 0.717) is 52.2 Å². The van der Waals surface area contributed by atoms with E-state index in [4.69, 9.17) is 44.8 Å². The van der Waals surface area contributed by atoms with Gasteiger partial charge >= 0.3 is 0 Å². The summed E-state index contributed by atoms with van der Waals surface area (Å²) in [5.74, 6) is -1.02. The molecule has 244 valence electrons. The van der Waals surface area contributed by atoms with Crippen LogP contribution in [0.3, 0.4) is 0 Å². The Kier molecular flexibility index (Phi) is 6.96. The minimum Gasteiger partial charge on any atom is -0.380 e. The minimum atomic E-state index is -1.38. The van der Waals surface area contributed by atoms with Gasteiger partial charge in [-0.25, -0.2) is 0 Å². The van der Waals surface area contributed by atoms with E-state index in [1.807, 2.05) is 110 Å². The summed E-state index contributed by atoms with van der Waals surface area (Å²) in [7, 11) is 2.00. The highest BCUT2D eigenvalue weighted by atomic mass is 35.5. The van der Waals surface area contributed by atoms with Crippen molar-refractivity contribution in [2.24, 2.45) is 10.6 Å². The maximum atomic E-state index is 16.4. The lowest BCUT2D eigenvalue weighted by Gasteiger charge is -2.53. The van der Waals surface area contributed by atoms with Gasteiger partial charge in [0, 0.05) is 38.7 Å². The molecule has 0 N–H and O–H groups in total. The Hall–Kier alpha value is -4.00. The quantitative estimate of drug-likeness (QED) is 0.188. The SMILES string of the molecule is CN1C[C@H](c2ccc(Cl)cc2)[C@]2(CCC[C@@]3(ON=C(c4ccc(Cl)cc4)[C@@H]3c3ccc(Cl)cc3)C2=O)[C@]12C(=O)c1cccc3cccc2c13. The standard InChI is InChI=1S/C41H31Cl3N2O3/c1-46-23-33(24-9-15-28(42)16-10-24)39(41(46)32-8-3-6-25-5-2-7-31(34(25)32)37(41)47)21-4-22-40(38(39)48)35(26-11-17-29(43)18-12-26)36(45-49-40)27-13-19-30(44)20-14-27/h2-3,5-20,33,35H,4,21-23H2,1H3/t33-,35+,39+,40+,41+/m1/s1. The Morgan fingerprint density at radius 1 is 0.755 bits per heavy atom. The molecule has 0 aromatic heterocycles. The number of rotatable bonds is 3. The molecular weight excluding hydrogens is 675 g/mol. The van der Waals surface area contributed by atoms with E-state index in [0.717, 1.165) is 33.0 Å². The van der Waals surface area contributed by atoms with Crippen molar-refractivity contribution in [2.45, 2.75) is 42.2 Å². The van der Waals surface area contributed by atoms with E-state index >= 15 is 9.59 Å². The van der Waals surface area contributed by atoms with E-state index in [9.17, 15) is 0 Å². The lowest BCUT2D eigenvalue weighted by Crippen LogP contribution is -2.66. The highest BCUT2D eigenvalue weighted by Gasteiger charge is 2.78. The summed E-state index contributed by atoms with van der Waals surface area (Å²) in [4.78, 5) is 40.5. The van der Waals surface area contributed by atoms with Crippen molar-refractivity contribution in [3.05, 3.63) is 152 Å². The number of fused-ring (bicyclic) bond motifs is 2. The largest absolute Gasteiger partial charge is 0.380 e. The maximum absolute atomic E-state index is 16.4. The normalized spacial score (nSPS) is 29.0. The van der Waals surface area contributed by atoms with E-state index < -0.39 is 22.5 Å². The second-order valence-corrected chi connectivity index (χ2v) is 15.1. The Balaban J connectivity index is 1.31. The molecule has 0 amide bonds. The summed E-state index contributed by atoms with van der Waals surface area (Å²) < 4.78 is 0. The molecule has 5 atom stereocenters. The monoisotopic (exact) mass is 704 g/mol. The molecule has 4 aliphatic rings. The first-order chi connectivity index (χ1) is 23.7. The number of ketones is 2. The fraction of sp³-hybridized carbons (Fsp3) is 0.244. The zero-order valence-electron chi connectivity index (χ0n) is 26.6. The number of Topliss-reactive ketones (excluding diaryl/α,β-unsaturated/α-hetero) is 2. The molecule has 0 unspecified atom stereocenters. The summed E-state index contributed by atoms with van der Waals surface area (Å²) in [5, 5.41) is 8.46. The zero-order chi connectivity index (χ0) is 33.7. The van der Waals surface area contributed by atoms with Crippen LogP contribution in [0.15, 0.2) is 114 Å². The van der Waals surface area contributed by atoms with Crippen LogP contribution in [-0.4, -0.2) is 41.4 Å². The predicted octanol–water partition coefficient (Wildman–Crippen LogP) is 9.62. The van der Waals surface area contributed by atoms with Gasteiger partial charge in [-0.1, -0.05) is 113 Å². The molecule has 2 aliphatic carbocycles. The summed E-state index contributed by atoms with van der Waals surface area (Å²) in [6.07, 6.45) is 1.60. The van der Waals surface area contributed by atoms with Crippen molar-refractivity contribution in [3.8, 4) is 0 Å². The van der Waals surface area contributed by atoms with Gasteiger partial charge in [0.15, 0.2) is 11.6 Å². The average Bonchev–Trinajstić information content (AvgIpc) is 3.70. The van der Waals surface area contributed by atoms with Gasteiger partial charge in [-0.2, -0.15) is 0 Å². The summed E-state index contributed by atoms with van der Waals surface area (Å²) >= 11 is 19.1. The third-order valence-electron chi connectivity index (χ3n) is 11.7. The first-order valence-corrected chi connectivity index (χ1v) is 17.7. The fourth-order valence-corrected chi connectivity index (χ4v) is 10.2. The van der Waals surface area contributed by atoms with Crippen molar-refractivity contribution >= 4 is 62.9 Å². The molecule has 49 heavy (non-hydrogen) atoms. The van der Waals surface area contributed by atoms with Gasteiger partial charge in [0.2, 0.25) is 5.60 Å². The van der Waals surface area contributed by atoms with Crippen LogP contribution in [0.4, 0.5) is 0 Å². The number of carbonyl (C=O) groups is 2. The topological polar surface area (TPSA) is 59.0 Å². The number of carbonyl (C=O) groups excluding carboxylic acids is 2. The van der Waals surface area contributed by atoms with Gasteiger partial charge in [0.05, 0.1) is 17.0 Å². The first-order valence-electron chi connectivity index (χ1n) is 16.6. The van der Waals surface area contributed by atoms with Crippen molar-refractivity contribution in [1.82, 2.24) is 4.90 Å². The summed E-state index contributed by atoms with van der Waals surface area (Å²) in [6.45, 7) is 0.496. The highest BCUT2D eigenvalue weighted by Crippen LogP contribution is 2.69. The number of hydrogen-bond acceptors (Lipinski definition) is 5. The molecule has 8 heteroatoms. The average molecular weight is 706 g/mol. The van der Waals surface area contributed by atoms with Crippen molar-refractivity contribution in [1.29, 1.82) is 0 Å². The number of halogens is 3. The second kappa shape index (κ2) is 11.0. The molecule has 5 nitrogen and oxygen atoms in total. The Morgan fingerprint density at radius 3 is 2.04 bits per heavy atom. The van der Waals surface area contributed by atoms with Gasteiger partial charge in [-0.05, 0) is 90.2 Å². The molecule has 5 aromatic rings. The molecule has 5 aromatic carbocycles. The summed E-state index contributed by atoms with van der Waals surface area (Å²) in [6, 6.07) is 34.8. The van der Waals surface area contributed by atoms with Gasteiger partial charge < -0.3 is 4.84 Å². The van der Waals surface area contributed by atoms with Crippen molar-refractivity contribution in [3.63, 3.8) is 0 Å². The van der Waals surface area contributed by atoms with Crippen LogP contribution in [0.25, 0.3) is 10.8 Å². The van der Waals surface area contributed by atoms with E-state index in [1.54, 1.807) is 0 Å². The number of likely N-dealkylation sites (N-methyl/N-ethyl adjacent to an activating group) is 1. The number of likely N-dealkylation sites (tertiary alicyclic amines) is 1. The van der Waals surface area contributed by atoms with Crippen LogP contribution < -0.4 is 0 Å². The van der Waals surface area contributed by atoms with Gasteiger partial charge in [-0.3, -0.25) is 14.5 Å². The maximum Gasteiger partial charge on any atom is 0.208 e. The molecule has 2 aliphatic heterocycles. The zero-order valence-corrected chi connectivity index (χ0v) is 28.9.